The van der Waals surface area contributed by atoms with Gasteiger partial charge in [0.2, 0.25) is 0 Å². The lowest BCUT2D eigenvalue weighted by atomic mass is 9.89. The number of Topliss-reactive ketones (excluding diaryl/α,β-unsaturated/α-hetero) is 1. The lowest BCUT2D eigenvalue weighted by molar-refractivity contribution is -0.120. The number of nitrogens with zero attached hydrogens (tertiary/aromatic N) is 1. The summed E-state index contributed by atoms with van der Waals surface area (Å²) in [6.45, 7) is 3.94. The molecule has 0 saturated heterocycles. The fourth-order valence-electron chi connectivity index (χ4n) is 1.63. The largest absolute Gasteiger partial charge is 0.298 e. The molecule has 0 heterocycles. The van der Waals surface area contributed by atoms with Crippen LogP contribution in [0.1, 0.15) is 38.2 Å². The smallest absolute Gasteiger partial charge is 0.154 e. The molecule has 0 spiro atoms. The summed E-state index contributed by atoms with van der Waals surface area (Å²) in [5, 5.41) is 9.02. The van der Waals surface area contributed by atoms with Crippen LogP contribution in [0.4, 0.5) is 4.39 Å². The summed E-state index contributed by atoms with van der Waals surface area (Å²) in [7, 11) is 0. The summed E-state index contributed by atoms with van der Waals surface area (Å²) < 4.78 is 13.5. The summed E-state index contributed by atoms with van der Waals surface area (Å²) in [4.78, 5) is 11.9. The number of ketones is 1. The number of halogens is 1. The molecule has 0 aliphatic rings. The number of rotatable bonds is 5. The van der Waals surface area contributed by atoms with E-state index in [1.54, 1.807) is 12.1 Å². The number of carbonyl (C=O) groups excluding carboxylic acids is 1. The van der Waals surface area contributed by atoms with Gasteiger partial charge in [-0.2, -0.15) is 5.26 Å². The summed E-state index contributed by atoms with van der Waals surface area (Å²) in [6.07, 6.45) is 1.20. The fraction of sp³-hybridized carbons (Fsp3) is 0.429. The summed E-state index contributed by atoms with van der Waals surface area (Å²) in [6, 6.07) is 7.86. The molecule has 0 aromatic heterocycles. The third kappa shape index (κ3) is 3.39. The van der Waals surface area contributed by atoms with E-state index in [1.165, 1.54) is 12.1 Å². The van der Waals surface area contributed by atoms with Crippen molar-refractivity contribution in [3.63, 3.8) is 0 Å². The highest BCUT2D eigenvalue weighted by molar-refractivity contribution is 5.88. The summed E-state index contributed by atoms with van der Waals surface area (Å²) in [5.74, 6) is -1.45. The third-order valence-corrected chi connectivity index (χ3v) is 2.91. The third-order valence-electron chi connectivity index (χ3n) is 2.91. The predicted molar refractivity (Wildman–Crippen MR) is 63.8 cm³/mol. The molecule has 2 nitrogen and oxygen atoms in total. The molecule has 1 aromatic rings. The molecule has 17 heavy (non-hydrogen) atoms. The van der Waals surface area contributed by atoms with Crippen LogP contribution in [-0.4, -0.2) is 5.78 Å². The Bertz CT molecular complexity index is 436. The minimum absolute atomic E-state index is 0.184. The maximum absolute atomic E-state index is 13.5. The molecule has 0 aliphatic heterocycles. The number of benzene rings is 1. The zero-order chi connectivity index (χ0) is 12.8. The van der Waals surface area contributed by atoms with E-state index < -0.39 is 11.7 Å². The highest BCUT2D eigenvalue weighted by Crippen LogP contribution is 2.23. The van der Waals surface area contributed by atoms with E-state index >= 15 is 0 Å². The van der Waals surface area contributed by atoms with Crippen LogP contribution in [0, 0.1) is 23.1 Å². The Morgan fingerprint density at radius 1 is 1.47 bits per heavy atom. The average molecular weight is 233 g/mol. The highest BCUT2D eigenvalue weighted by Gasteiger charge is 2.23. The first-order valence-electron chi connectivity index (χ1n) is 5.76. The van der Waals surface area contributed by atoms with E-state index in [4.69, 9.17) is 5.26 Å². The molecule has 0 radical (unpaired) electrons. The van der Waals surface area contributed by atoms with Crippen LogP contribution in [0.3, 0.4) is 0 Å². The average Bonchev–Trinajstić information content (AvgIpc) is 2.32. The quantitative estimate of drug-likeness (QED) is 0.781. The molecule has 1 aromatic carbocycles. The first-order valence-corrected chi connectivity index (χ1v) is 5.76. The van der Waals surface area contributed by atoms with Crippen molar-refractivity contribution in [2.75, 3.05) is 0 Å². The first kappa shape index (κ1) is 13.4. The minimum Gasteiger partial charge on any atom is -0.298 e. The Morgan fingerprint density at radius 3 is 2.65 bits per heavy atom. The minimum atomic E-state index is -0.981. The van der Waals surface area contributed by atoms with Crippen LogP contribution in [0.15, 0.2) is 24.3 Å². The van der Waals surface area contributed by atoms with Gasteiger partial charge in [0.25, 0.3) is 0 Å². The molecule has 0 fully saturated rings. The Morgan fingerprint density at radius 2 is 2.12 bits per heavy atom. The second-order valence-electron chi connectivity index (χ2n) is 4.27. The van der Waals surface area contributed by atoms with Gasteiger partial charge < -0.3 is 0 Å². The predicted octanol–water partition coefficient (Wildman–Crippen LogP) is 3.44. The van der Waals surface area contributed by atoms with Crippen LogP contribution in [0.5, 0.6) is 0 Å². The van der Waals surface area contributed by atoms with E-state index in [-0.39, 0.29) is 17.3 Å². The molecule has 2 atom stereocenters. The standard InChI is InChI=1S/C14H16FNO/c1-3-10(2)8-14(17)12(9-16)11-6-4-5-7-13(11)15/h4-7,10,12H,3,8H2,1-2H3. The van der Waals surface area contributed by atoms with Crippen LogP contribution < -0.4 is 0 Å². The number of carbonyl (C=O) groups is 1. The molecule has 0 amide bonds. The molecule has 2 unspecified atom stereocenters. The molecule has 0 saturated carbocycles. The van der Waals surface area contributed by atoms with Crippen molar-refractivity contribution in [3.05, 3.63) is 35.6 Å². The topological polar surface area (TPSA) is 40.9 Å². The van der Waals surface area contributed by atoms with E-state index in [0.717, 1.165) is 6.42 Å². The SMILES string of the molecule is CCC(C)CC(=O)C(C#N)c1ccccc1F. The van der Waals surface area contributed by atoms with Gasteiger partial charge in [-0.05, 0) is 12.0 Å². The maximum atomic E-state index is 13.5. The Labute approximate surface area is 101 Å². The summed E-state index contributed by atoms with van der Waals surface area (Å²) >= 11 is 0. The van der Waals surface area contributed by atoms with E-state index in [9.17, 15) is 9.18 Å². The van der Waals surface area contributed by atoms with Gasteiger partial charge in [0.15, 0.2) is 5.78 Å². The normalized spacial score (nSPS) is 13.8. The lowest BCUT2D eigenvalue weighted by Gasteiger charge is -2.12. The second-order valence-corrected chi connectivity index (χ2v) is 4.27. The van der Waals surface area contributed by atoms with Crippen LogP contribution in [0.2, 0.25) is 0 Å². The zero-order valence-electron chi connectivity index (χ0n) is 10.1. The van der Waals surface area contributed by atoms with Crippen molar-refractivity contribution in [3.8, 4) is 6.07 Å². The molecule has 0 N–H and O–H groups in total. The van der Waals surface area contributed by atoms with Gasteiger partial charge in [-0.25, -0.2) is 4.39 Å². The van der Waals surface area contributed by atoms with Crippen LogP contribution in [-0.2, 0) is 4.79 Å². The van der Waals surface area contributed by atoms with Crippen molar-refractivity contribution < 1.29 is 9.18 Å². The van der Waals surface area contributed by atoms with Crippen molar-refractivity contribution in [1.82, 2.24) is 0 Å². The van der Waals surface area contributed by atoms with Gasteiger partial charge >= 0.3 is 0 Å². The van der Waals surface area contributed by atoms with Gasteiger partial charge in [-0.1, -0.05) is 38.5 Å². The van der Waals surface area contributed by atoms with Crippen molar-refractivity contribution >= 4 is 5.78 Å². The van der Waals surface area contributed by atoms with Crippen molar-refractivity contribution in [2.24, 2.45) is 5.92 Å². The number of hydrogen-bond acceptors (Lipinski definition) is 2. The van der Waals surface area contributed by atoms with Crippen LogP contribution in [0.25, 0.3) is 0 Å². The Kier molecular flexibility index (Phi) is 4.84. The zero-order valence-corrected chi connectivity index (χ0v) is 10.1. The van der Waals surface area contributed by atoms with Gasteiger partial charge in [0, 0.05) is 12.0 Å². The lowest BCUT2D eigenvalue weighted by Crippen LogP contribution is -2.15. The first-order chi connectivity index (χ1) is 8.10. The monoisotopic (exact) mass is 233 g/mol. The van der Waals surface area contributed by atoms with E-state index in [0.29, 0.717) is 6.42 Å². The fourth-order valence-corrected chi connectivity index (χ4v) is 1.63. The second kappa shape index (κ2) is 6.15. The molecule has 90 valence electrons. The van der Waals surface area contributed by atoms with E-state index in [2.05, 4.69) is 0 Å². The molecular formula is C14H16FNO. The highest BCUT2D eigenvalue weighted by atomic mass is 19.1. The molecular weight excluding hydrogens is 217 g/mol. The Hall–Kier alpha value is -1.69. The van der Waals surface area contributed by atoms with Gasteiger partial charge in [-0.15, -0.1) is 0 Å². The molecule has 0 bridgehead atoms. The van der Waals surface area contributed by atoms with Crippen molar-refractivity contribution in [1.29, 1.82) is 5.26 Å². The number of nitriles is 1. The molecule has 0 aliphatic carbocycles. The molecule has 1 rings (SSSR count). The van der Waals surface area contributed by atoms with E-state index in [1.807, 2.05) is 19.9 Å². The van der Waals surface area contributed by atoms with Gasteiger partial charge in [0.05, 0.1) is 6.07 Å². The van der Waals surface area contributed by atoms with Gasteiger partial charge in [0.1, 0.15) is 11.7 Å². The summed E-state index contributed by atoms with van der Waals surface area (Å²) in [5.41, 5.74) is 0.184. The van der Waals surface area contributed by atoms with Crippen molar-refractivity contribution in [2.45, 2.75) is 32.6 Å². The number of hydrogen-bond donors (Lipinski definition) is 0. The maximum Gasteiger partial charge on any atom is 0.154 e. The Balaban J connectivity index is 2.90. The van der Waals surface area contributed by atoms with Crippen LogP contribution >= 0.6 is 0 Å². The molecule has 3 heteroatoms. The van der Waals surface area contributed by atoms with Gasteiger partial charge in [-0.3, -0.25) is 4.79 Å².